The normalized spacial score (nSPS) is 25.7. The topological polar surface area (TPSA) is 92.5 Å². The molecule has 0 aromatic rings. The molecule has 2 heterocycles. The quantitative estimate of drug-likeness (QED) is 0.494. The molecule has 1 unspecified atom stereocenters. The summed E-state index contributed by atoms with van der Waals surface area (Å²) in [6.07, 6.45) is 6.62. The maximum absolute atomic E-state index is 12.8. The number of esters is 1. The third-order valence-electron chi connectivity index (χ3n) is 6.94. The molecule has 0 aromatic carbocycles. The van der Waals surface area contributed by atoms with Gasteiger partial charge in [0.2, 0.25) is 5.91 Å². The molecule has 2 amide bonds. The molecule has 0 aromatic heterocycles. The number of piperidine rings is 2. The molecule has 2 saturated heterocycles. The van der Waals surface area contributed by atoms with Gasteiger partial charge in [-0.1, -0.05) is 0 Å². The van der Waals surface area contributed by atoms with Crippen molar-refractivity contribution < 1.29 is 23.9 Å². The zero-order valence-corrected chi connectivity index (χ0v) is 20.3. The second-order valence-corrected chi connectivity index (χ2v) is 10.7. The molecule has 2 N–H and O–H groups in total. The van der Waals surface area contributed by atoms with Crippen LogP contribution in [0.1, 0.15) is 79.1 Å². The van der Waals surface area contributed by atoms with Crippen molar-refractivity contribution in [2.75, 3.05) is 32.8 Å². The molecule has 1 atom stereocenters. The van der Waals surface area contributed by atoms with E-state index in [0.717, 1.165) is 45.1 Å². The maximum Gasteiger partial charge on any atom is 0.490 e. The van der Waals surface area contributed by atoms with Crippen LogP contribution < -0.4 is 5.32 Å². The predicted molar refractivity (Wildman–Crippen MR) is 123 cm³/mol. The molecule has 3 aliphatic rings. The van der Waals surface area contributed by atoms with Gasteiger partial charge in [0.05, 0.1) is 0 Å². The SMILES string of the molecule is CCOC(=[OH+])C1(CC(=O)NC2CCC2)CCCN(C2CCN(C(=O)OC(C)(C)C)CC2)C1. The summed E-state index contributed by atoms with van der Waals surface area (Å²) in [5.41, 5.74) is -1.17. The van der Waals surface area contributed by atoms with Crippen molar-refractivity contribution >= 4 is 18.0 Å². The van der Waals surface area contributed by atoms with Gasteiger partial charge < -0.3 is 24.5 Å². The summed E-state index contributed by atoms with van der Waals surface area (Å²) in [6.45, 7) is 10.7. The van der Waals surface area contributed by atoms with E-state index in [1.54, 1.807) is 4.90 Å². The van der Waals surface area contributed by atoms with E-state index in [4.69, 9.17) is 9.47 Å². The number of hydrogen-bond acceptors (Lipinski definition) is 5. The second kappa shape index (κ2) is 10.4. The van der Waals surface area contributed by atoms with Gasteiger partial charge in [-0.15, -0.1) is 0 Å². The fourth-order valence-electron chi connectivity index (χ4n) is 5.04. The molecule has 8 nitrogen and oxygen atoms in total. The lowest BCUT2D eigenvalue weighted by atomic mass is 9.75. The third-order valence-corrected chi connectivity index (χ3v) is 6.94. The number of ether oxygens (including phenoxy) is 2. The Balaban J connectivity index is 1.61. The molecule has 1 saturated carbocycles. The third kappa shape index (κ3) is 6.36. The Morgan fingerprint density at radius 2 is 1.78 bits per heavy atom. The van der Waals surface area contributed by atoms with Crippen molar-refractivity contribution in [1.29, 1.82) is 0 Å². The van der Waals surface area contributed by atoms with Crippen molar-refractivity contribution in [3.05, 3.63) is 0 Å². The van der Waals surface area contributed by atoms with Crippen molar-refractivity contribution in [2.24, 2.45) is 5.41 Å². The Morgan fingerprint density at radius 3 is 2.34 bits per heavy atom. The highest BCUT2D eigenvalue weighted by molar-refractivity contribution is 5.87. The summed E-state index contributed by atoms with van der Waals surface area (Å²) in [7, 11) is 0. The monoisotopic (exact) mass is 452 g/mol. The Kier molecular flexibility index (Phi) is 8.06. The van der Waals surface area contributed by atoms with Crippen molar-refractivity contribution in [3.8, 4) is 0 Å². The maximum atomic E-state index is 12.8. The highest BCUT2D eigenvalue weighted by Gasteiger charge is 2.51. The number of nitrogens with one attached hydrogen (secondary N) is 1. The van der Waals surface area contributed by atoms with Gasteiger partial charge in [0.25, 0.3) is 0 Å². The molecule has 3 rings (SSSR count). The first kappa shape index (κ1) is 24.8. The molecule has 3 fully saturated rings. The molecular formula is C24H42N3O5+. The van der Waals surface area contributed by atoms with Gasteiger partial charge in [-0.25, -0.2) is 4.79 Å². The Labute approximate surface area is 192 Å². The second-order valence-electron chi connectivity index (χ2n) is 10.7. The number of amides is 2. The van der Waals surface area contributed by atoms with Crippen molar-refractivity contribution in [1.82, 2.24) is 15.1 Å². The van der Waals surface area contributed by atoms with Crippen LogP contribution in [-0.4, -0.2) is 83.0 Å². The predicted octanol–water partition coefficient (Wildman–Crippen LogP) is 3.07. The minimum atomic E-state index is -0.676. The van der Waals surface area contributed by atoms with Gasteiger partial charge in [0.15, 0.2) is 6.61 Å². The largest absolute Gasteiger partial charge is 0.490 e. The highest BCUT2D eigenvalue weighted by atomic mass is 16.6. The summed E-state index contributed by atoms with van der Waals surface area (Å²) in [6, 6.07) is 0.600. The smallest absolute Gasteiger partial charge is 0.444 e. The van der Waals surface area contributed by atoms with E-state index >= 15 is 0 Å². The summed E-state index contributed by atoms with van der Waals surface area (Å²) in [4.78, 5) is 40.2. The van der Waals surface area contributed by atoms with E-state index in [2.05, 4.69) is 10.2 Å². The molecule has 1 aliphatic carbocycles. The van der Waals surface area contributed by atoms with Crippen LogP contribution in [-0.2, 0) is 14.3 Å². The van der Waals surface area contributed by atoms with E-state index in [9.17, 15) is 14.4 Å². The molecule has 182 valence electrons. The Hall–Kier alpha value is -1.83. The summed E-state index contributed by atoms with van der Waals surface area (Å²) in [5, 5.41) is 3.12. The number of rotatable bonds is 6. The van der Waals surface area contributed by atoms with E-state index in [-0.39, 0.29) is 30.4 Å². The first-order valence-electron chi connectivity index (χ1n) is 12.3. The standard InChI is InChI=1S/C24H41N3O5/c1-5-31-21(29)24(16-20(28)25-18-8-6-9-18)12-7-13-27(17-24)19-10-14-26(15-11-19)22(30)32-23(2,3)4/h18-19H,5-17H2,1-4H3,(H,25,28)/p+1. The molecule has 32 heavy (non-hydrogen) atoms. The van der Waals surface area contributed by atoms with Crippen LogP contribution in [0.15, 0.2) is 0 Å². The van der Waals surface area contributed by atoms with E-state index in [1.807, 2.05) is 27.7 Å². The number of nitrogens with zero attached hydrogens (tertiary/aromatic N) is 2. The Bertz CT molecular complexity index is 680. The average molecular weight is 453 g/mol. The van der Waals surface area contributed by atoms with Crippen LogP contribution in [0, 0.1) is 5.41 Å². The van der Waals surface area contributed by atoms with Gasteiger partial charge in [-0.3, -0.25) is 9.69 Å². The van der Waals surface area contributed by atoms with Crippen molar-refractivity contribution in [3.63, 3.8) is 0 Å². The van der Waals surface area contributed by atoms with E-state index < -0.39 is 11.0 Å². The molecule has 0 bridgehead atoms. The number of likely N-dealkylation sites (tertiary alicyclic amines) is 2. The molecule has 0 spiro atoms. The Morgan fingerprint density at radius 1 is 1.09 bits per heavy atom. The van der Waals surface area contributed by atoms with Crippen LogP contribution in [0.25, 0.3) is 0 Å². The first-order chi connectivity index (χ1) is 15.1. The lowest BCUT2D eigenvalue weighted by molar-refractivity contribution is -0.125. The van der Waals surface area contributed by atoms with Crippen LogP contribution >= 0.6 is 0 Å². The number of carbonyl (C=O) groups excluding carboxylic acids is 3. The summed E-state index contributed by atoms with van der Waals surface area (Å²) >= 11 is 0. The van der Waals surface area contributed by atoms with Gasteiger partial charge in [-0.05, 0) is 79.2 Å². The number of hydrogen-bond donors (Lipinski definition) is 1. The van der Waals surface area contributed by atoms with Crippen LogP contribution in [0.4, 0.5) is 4.79 Å². The van der Waals surface area contributed by atoms with Gasteiger partial charge >= 0.3 is 12.1 Å². The minimum Gasteiger partial charge on any atom is -0.444 e. The van der Waals surface area contributed by atoms with Crippen molar-refractivity contribution in [2.45, 2.75) is 96.7 Å². The highest BCUT2D eigenvalue weighted by Crippen LogP contribution is 2.37. The van der Waals surface area contributed by atoms with E-state index in [1.165, 1.54) is 6.42 Å². The van der Waals surface area contributed by atoms with Crippen LogP contribution in [0.2, 0.25) is 0 Å². The minimum absolute atomic E-state index is 0.000324. The summed E-state index contributed by atoms with van der Waals surface area (Å²) < 4.78 is 11.1. The first-order valence-corrected chi connectivity index (χ1v) is 12.3. The summed E-state index contributed by atoms with van der Waals surface area (Å²) in [5.74, 6) is 0.00204. The van der Waals surface area contributed by atoms with E-state index in [0.29, 0.717) is 32.3 Å². The van der Waals surface area contributed by atoms with Gasteiger partial charge in [0.1, 0.15) is 11.0 Å². The lowest BCUT2D eigenvalue weighted by Crippen LogP contribution is -2.56. The van der Waals surface area contributed by atoms with Gasteiger partial charge in [-0.2, -0.15) is 0 Å². The lowest BCUT2D eigenvalue weighted by Gasteiger charge is -2.44. The molecule has 2 aliphatic heterocycles. The fourth-order valence-corrected chi connectivity index (χ4v) is 5.04. The van der Waals surface area contributed by atoms with Crippen LogP contribution in [0.5, 0.6) is 0 Å². The molecular weight excluding hydrogens is 410 g/mol. The number of carbonyl (C=O) groups is 2. The van der Waals surface area contributed by atoms with Crippen LogP contribution in [0.3, 0.4) is 0 Å². The zero-order valence-electron chi connectivity index (χ0n) is 20.3. The van der Waals surface area contributed by atoms with Gasteiger partial charge in [0, 0.05) is 38.1 Å². The molecule has 8 heteroatoms. The molecule has 0 radical (unpaired) electrons. The fraction of sp³-hybridized carbons (Fsp3) is 0.875. The zero-order chi connectivity index (χ0) is 23.4. The average Bonchev–Trinajstić information content (AvgIpc) is 2.70.